The predicted octanol–water partition coefficient (Wildman–Crippen LogP) is 5.66. The summed E-state index contributed by atoms with van der Waals surface area (Å²) in [5, 5.41) is 9.61. The third kappa shape index (κ3) is 3.29. The highest BCUT2D eigenvalue weighted by molar-refractivity contribution is 5.68. The molecule has 1 heterocycles. The Morgan fingerprint density at radius 3 is 2.37 bits per heavy atom. The van der Waals surface area contributed by atoms with Gasteiger partial charge in [0.15, 0.2) is 0 Å². The van der Waals surface area contributed by atoms with Gasteiger partial charge in [-0.15, -0.1) is 0 Å². The van der Waals surface area contributed by atoms with Gasteiger partial charge in [-0.05, 0) is 86.2 Å². The molecule has 0 radical (unpaired) electrons. The molecule has 0 N–H and O–H groups in total. The first-order chi connectivity index (χ1) is 13.0. The van der Waals surface area contributed by atoms with Gasteiger partial charge < -0.3 is 4.74 Å². The molecule has 1 aliphatic carbocycles. The normalized spacial score (nSPS) is 12.5. The number of hydrogen-bond acceptors (Lipinski definition) is 3. The number of nitrogens with zero attached hydrogens (tertiary/aromatic N) is 2. The Labute approximate surface area is 158 Å². The molecule has 0 saturated carbocycles. The molecule has 0 aliphatic heterocycles. The van der Waals surface area contributed by atoms with Gasteiger partial charge in [-0.2, -0.15) is 5.26 Å². The van der Waals surface area contributed by atoms with Gasteiger partial charge >= 0.3 is 0 Å². The van der Waals surface area contributed by atoms with Crippen LogP contribution in [0.25, 0.3) is 11.1 Å². The number of ether oxygens (including phenoxy) is 1. The van der Waals surface area contributed by atoms with Gasteiger partial charge in [0, 0.05) is 17.0 Å². The van der Waals surface area contributed by atoms with Crippen molar-refractivity contribution in [2.45, 2.75) is 33.1 Å². The van der Waals surface area contributed by atoms with Crippen LogP contribution in [-0.4, -0.2) is 4.98 Å². The summed E-state index contributed by atoms with van der Waals surface area (Å²) in [5.41, 5.74) is 5.95. The molecule has 0 amide bonds. The van der Waals surface area contributed by atoms with Crippen molar-refractivity contribution in [2.75, 3.05) is 0 Å². The van der Waals surface area contributed by atoms with Crippen molar-refractivity contribution in [1.29, 1.82) is 5.26 Å². The van der Waals surface area contributed by atoms with Crippen molar-refractivity contribution in [1.82, 2.24) is 4.98 Å². The van der Waals surface area contributed by atoms with Crippen LogP contribution < -0.4 is 4.74 Å². The van der Waals surface area contributed by atoms with Crippen LogP contribution in [0.5, 0.6) is 11.5 Å². The van der Waals surface area contributed by atoms with Crippen molar-refractivity contribution in [3.05, 3.63) is 76.4 Å². The molecule has 1 aliphatic rings. The van der Waals surface area contributed by atoms with Gasteiger partial charge in [0.05, 0.1) is 5.56 Å². The molecule has 0 saturated heterocycles. The van der Waals surface area contributed by atoms with E-state index in [1.807, 2.05) is 44.2 Å². The molecule has 3 aromatic rings. The first-order valence-electron chi connectivity index (χ1n) is 9.03. The van der Waals surface area contributed by atoms with Crippen LogP contribution in [0.3, 0.4) is 0 Å². The highest BCUT2D eigenvalue weighted by Gasteiger charge is 2.20. The summed E-state index contributed by atoms with van der Waals surface area (Å²) in [6.45, 7) is 3.91. The van der Waals surface area contributed by atoms with Crippen molar-refractivity contribution < 1.29 is 9.13 Å². The number of rotatable bonds is 3. The lowest BCUT2D eigenvalue weighted by Gasteiger charge is -2.13. The highest BCUT2D eigenvalue weighted by atomic mass is 19.1. The zero-order chi connectivity index (χ0) is 19.0. The molecule has 1 aromatic heterocycles. The van der Waals surface area contributed by atoms with Gasteiger partial charge in [-0.1, -0.05) is 6.07 Å². The number of benzene rings is 2. The van der Waals surface area contributed by atoms with Crippen molar-refractivity contribution in [3.63, 3.8) is 0 Å². The molecule has 0 fully saturated rings. The zero-order valence-electron chi connectivity index (χ0n) is 15.3. The Morgan fingerprint density at radius 1 is 0.926 bits per heavy atom. The number of nitriles is 1. The van der Waals surface area contributed by atoms with Crippen LogP contribution >= 0.6 is 0 Å². The van der Waals surface area contributed by atoms with E-state index in [-0.39, 0.29) is 5.82 Å². The van der Waals surface area contributed by atoms with Gasteiger partial charge in [-0.25, -0.2) is 4.39 Å². The SMILES string of the molecule is Cc1cc(-c2ccc(Oc3ccc(F)c4c3CCC4)c(C#N)c2)cc(C)n1. The average Bonchev–Trinajstić information content (AvgIpc) is 3.14. The maximum Gasteiger partial charge on any atom is 0.145 e. The Hall–Kier alpha value is -3.19. The Bertz CT molecular complexity index is 1060. The van der Waals surface area contributed by atoms with E-state index < -0.39 is 0 Å². The van der Waals surface area contributed by atoms with Crippen molar-refractivity contribution >= 4 is 0 Å². The Kier molecular flexibility index (Phi) is 4.37. The second-order valence-corrected chi connectivity index (χ2v) is 6.92. The summed E-state index contributed by atoms with van der Waals surface area (Å²) in [6, 6.07) is 14.9. The minimum Gasteiger partial charge on any atom is -0.456 e. The summed E-state index contributed by atoms with van der Waals surface area (Å²) in [4.78, 5) is 4.40. The molecule has 3 nitrogen and oxygen atoms in total. The average molecular weight is 358 g/mol. The summed E-state index contributed by atoms with van der Waals surface area (Å²) in [5.74, 6) is 0.960. The fourth-order valence-electron chi connectivity index (χ4n) is 3.73. The largest absolute Gasteiger partial charge is 0.456 e. The van der Waals surface area contributed by atoms with Crippen LogP contribution in [-0.2, 0) is 12.8 Å². The maximum atomic E-state index is 13.9. The number of aromatic nitrogens is 1. The quantitative estimate of drug-likeness (QED) is 0.607. The van der Waals surface area contributed by atoms with E-state index in [1.54, 1.807) is 6.07 Å². The van der Waals surface area contributed by atoms with Crippen LogP contribution in [0.2, 0.25) is 0 Å². The monoisotopic (exact) mass is 358 g/mol. The van der Waals surface area contributed by atoms with E-state index in [0.29, 0.717) is 17.1 Å². The summed E-state index contributed by atoms with van der Waals surface area (Å²) in [6.07, 6.45) is 2.47. The first-order valence-corrected chi connectivity index (χ1v) is 9.03. The molecule has 0 unspecified atom stereocenters. The molecule has 4 rings (SSSR count). The van der Waals surface area contributed by atoms with Crippen LogP contribution in [0, 0.1) is 31.0 Å². The molecule has 0 spiro atoms. The zero-order valence-corrected chi connectivity index (χ0v) is 15.3. The fraction of sp³-hybridized carbons (Fsp3) is 0.217. The summed E-state index contributed by atoms with van der Waals surface area (Å²) >= 11 is 0. The standard InChI is InChI=1S/C23H19FN2O/c1-14-10-17(11-15(2)26-14)16-6-8-22(18(12-16)13-25)27-23-9-7-21(24)19-4-3-5-20(19)23/h6-12H,3-5H2,1-2H3. The van der Waals surface area contributed by atoms with Crippen LogP contribution in [0.1, 0.15) is 34.5 Å². The van der Waals surface area contributed by atoms with Crippen LogP contribution in [0.15, 0.2) is 42.5 Å². The fourth-order valence-corrected chi connectivity index (χ4v) is 3.73. The number of hydrogen-bond donors (Lipinski definition) is 0. The molecular formula is C23H19FN2O. The molecule has 0 atom stereocenters. The Balaban J connectivity index is 1.71. The van der Waals surface area contributed by atoms with E-state index in [4.69, 9.17) is 4.74 Å². The van der Waals surface area contributed by atoms with E-state index in [9.17, 15) is 9.65 Å². The number of pyridine rings is 1. The van der Waals surface area contributed by atoms with Crippen molar-refractivity contribution in [3.8, 4) is 28.7 Å². The number of aryl methyl sites for hydroxylation is 2. The molecule has 4 heteroatoms. The lowest BCUT2D eigenvalue weighted by Crippen LogP contribution is -1.96. The second-order valence-electron chi connectivity index (χ2n) is 6.92. The first kappa shape index (κ1) is 17.2. The van der Waals surface area contributed by atoms with Crippen LogP contribution in [0.4, 0.5) is 4.39 Å². The molecule has 134 valence electrons. The van der Waals surface area contributed by atoms with Gasteiger partial charge in [0.2, 0.25) is 0 Å². The predicted molar refractivity (Wildman–Crippen MR) is 102 cm³/mol. The van der Waals surface area contributed by atoms with Gasteiger partial charge in [0.25, 0.3) is 0 Å². The number of halogens is 1. The third-order valence-electron chi connectivity index (χ3n) is 4.92. The van der Waals surface area contributed by atoms with Gasteiger partial charge in [-0.3, -0.25) is 4.98 Å². The van der Waals surface area contributed by atoms with Crippen molar-refractivity contribution in [2.24, 2.45) is 0 Å². The van der Waals surface area contributed by atoms with E-state index in [1.165, 1.54) is 6.07 Å². The smallest absolute Gasteiger partial charge is 0.145 e. The molecule has 0 bridgehead atoms. The minimum absolute atomic E-state index is 0.172. The third-order valence-corrected chi connectivity index (χ3v) is 4.92. The van der Waals surface area contributed by atoms with E-state index in [2.05, 4.69) is 11.1 Å². The number of fused-ring (bicyclic) bond motifs is 1. The molecule has 2 aromatic carbocycles. The maximum absolute atomic E-state index is 13.9. The van der Waals surface area contributed by atoms with E-state index >= 15 is 0 Å². The van der Waals surface area contributed by atoms with Gasteiger partial charge in [0.1, 0.15) is 23.4 Å². The lowest BCUT2D eigenvalue weighted by atomic mass is 10.0. The Morgan fingerprint density at radius 2 is 1.63 bits per heavy atom. The minimum atomic E-state index is -0.172. The summed E-state index contributed by atoms with van der Waals surface area (Å²) < 4.78 is 20.0. The molecular weight excluding hydrogens is 339 g/mol. The second kappa shape index (κ2) is 6.85. The highest BCUT2D eigenvalue weighted by Crippen LogP contribution is 2.37. The van der Waals surface area contributed by atoms with E-state index in [0.717, 1.165) is 52.9 Å². The molecule has 27 heavy (non-hydrogen) atoms. The summed E-state index contributed by atoms with van der Waals surface area (Å²) in [7, 11) is 0. The lowest BCUT2D eigenvalue weighted by molar-refractivity contribution is 0.473. The topological polar surface area (TPSA) is 45.9 Å².